The molecule has 0 radical (unpaired) electrons. The molecular weight excluding hydrogens is 154 g/mol. The molecule has 0 aromatic heterocycles. The summed E-state index contributed by atoms with van der Waals surface area (Å²) in [5.74, 6) is 0.986. The van der Waals surface area contributed by atoms with Crippen LogP contribution in [0.3, 0.4) is 0 Å². The van der Waals surface area contributed by atoms with Gasteiger partial charge < -0.3 is 10.5 Å². The van der Waals surface area contributed by atoms with Crippen LogP contribution in [0.2, 0.25) is 0 Å². The zero-order chi connectivity index (χ0) is 8.72. The first-order valence-corrected chi connectivity index (χ1v) is 4.57. The Morgan fingerprint density at radius 3 is 2.58 bits per heavy atom. The lowest BCUT2D eigenvalue weighted by Gasteiger charge is -2.25. The Balaban J connectivity index is 2.12. The Hall–Kier alpha value is -0.570. The lowest BCUT2D eigenvalue weighted by atomic mass is 9.85. The molecule has 12 heavy (non-hydrogen) atoms. The van der Waals surface area contributed by atoms with Crippen LogP contribution in [0.4, 0.5) is 0 Å². The quantitative estimate of drug-likeness (QED) is 0.583. The standard InChI is InChI=1S/C9H15NO2/c1-12-9(11)7-5-2-3-6(4-5)8(7)10/h5-8H,2-4,10H2,1H3/t5-,6+,7?,8?/m1/s1. The third kappa shape index (κ3) is 0.959. The van der Waals surface area contributed by atoms with Crippen LogP contribution in [-0.2, 0) is 9.53 Å². The van der Waals surface area contributed by atoms with E-state index in [9.17, 15) is 4.79 Å². The minimum Gasteiger partial charge on any atom is -0.469 e. The highest BCUT2D eigenvalue weighted by molar-refractivity contribution is 5.74. The summed E-state index contributed by atoms with van der Waals surface area (Å²) < 4.78 is 4.74. The van der Waals surface area contributed by atoms with Crippen molar-refractivity contribution in [3.63, 3.8) is 0 Å². The van der Waals surface area contributed by atoms with Gasteiger partial charge >= 0.3 is 5.97 Å². The number of esters is 1. The van der Waals surface area contributed by atoms with Gasteiger partial charge in [0.2, 0.25) is 0 Å². The van der Waals surface area contributed by atoms with Gasteiger partial charge in [0.1, 0.15) is 0 Å². The molecule has 0 saturated heterocycles. The molecule has 0 spiro atoms. The maximum Gasteiger partial charge on any atom is 0.310 e. The van der Waals surface area contributed by atoms with Crippen molar-refractivity contribution >= 4 is 5.97 Å². The topological polar surface area (TPSA) is 52.3 Å². The molecule has 3 nitrogen and oxygen atoms in total. The maximum absolute atomic E-state index is 11.3. The Morgan fingerprint density at radius 2 is 2.08 bits per heavy atom. The van der Waals surface area contributed by atoms with Crippen molar-refractivity contribution in [2.24, 2.45) is 23.5 Å². The second-order valence-electron chi connectivity index (χ2n) is 3.96. The van der Waals surface area contributed by atoms with Crippen molar-refractivity contribution in [3.05, 3.63) is 0 Å². The number of ether oxygens (including phenoxy) is 1. The van der Waals surface area contributed by atoms with Crippen molar-refractivity contribution in [1.82, 2.24) is 0 Å². The van der Waals surface area contributed by atoms with Gasteiger partial charge in [-0.3, -0.25) is 4.79 Å². The fourth-order valence-corrected chi connectivity index (χ4v) is 2.82. The minimum absolute atomic E-state index is 0.00579. The molecule has 0 aromatic rings. The monoisotopic (exact) mass is 169 g/mol. The number of carbonyl (C=O) groups is 1. The Morgan fingerprint density at radius 1 is 1.42 bits per heavy atom. The van der Waals surface area contributed by atoms with Gasteiger partial charge in [-0.05, 0) is 31.1 Å². The van der Waals surface area contributed by atoms with E-state index in [1.54, 1.807) is 0 Å². The Kier molecular flexibility index (Phi) is 1.83. The van der Waals surface area contributed by atoms with E-state index in [0.717, 1.165) is 12.8 Å². The summed E-state index contributed by atoms with van der Waals surface area (Å²) in [5.41, 5.74) is 5.94. The summed E-state index contributed by atoms with van der Waals surface area (Å²) in [6, 6.07) is 0.0659. The predicted octanol–water partition coefficient (Wildman–Crippen LogP) is 0.533. The van der Waals surface area contributed by atoms with Crippen molar-refractivity contribution < 1.29 is 9.53 Å². The van der Waals surface area contributed by atoms with E-state index in [2.05, 4.69) is 0 Å². The van der Waals surface area contributed by atoms with E-state index in [1.807, 2.05) is 0 Å². The normalized spacial score (nSPS) is 44.8. The SMILES string of the molecule is COC(=O)C1C(N)[C@H]2CC[C@@H]1C2. The first-order chi connectivity index (χ1) is 5.74. The van der Waals surface area contributed by atoms with Crippen molar-refractivity contribution in [3.8, 4) is 0 Å². The summed E-state index contributed by atoms with van der Waals surface area (Å²) >= 11 is 0. The zero-order valence-electron chi connectivity index (χ0n) is 7.32. The van der Waals surface area contributed by atoms with Gasteiger partial charge in [0.05, 0.1) is 13.0 Å². The van der Waals surface area contributed by atoms with E-state index in [0.29, 0.717) is 11.8 Å². The molecule has 2 unspecified atom stereocenters. The molecule has 2 bridgehead atoms. The number of methoxy groups -OCH3 is 1. The van der Waals surface area contributed by atoms with Crippen molar-refractivity contribution in [1.29, 1.82) is 0 Å². The Labute approximate surface area is 72.3 Å². The van der Waals surface area contributed by atoms with Gasteiger partial charge in [0, 0.05) is 6.04 Å². The van der Waals surface area contributed by atoms with Gasteiger partial charge in [-0.15, -0.1) is 0 Å². The molecule has 2 aliphatic carbocycles. The predicted molar refractivity (Wildman–Crippen MR) is 44.3 cm³/mol. The van der Waals surface area contributed by atoms with Crippen LogP contribution in [-0.4, -0.2) is 19.1 Å². The first-order valence-electron chi connectivity index (χ1n) is 4.57. The van der Waals surface area contributed by atoms with Gasteiger partial charge in [-0.1, -0.05) is 0 Å². The van der Waals surface area contributed by atoms with Crippen LogP contribution >= 0.6 is 0 Å². The zero-order valence-corrected chi connectivity index (χ0v) is 7.32. The molecule has 3 heteroatoms. The van der Waals surface area contributed by atoms with Crippen LogP contribution in [0.25, 0.3) is 0 Å². The molecule has 2 N–H and O–H groups in total. The van der Waals surface area contributed by atoms with E-state index < -0.39 is 0 Å². The molecule has 0 aliphatic heterocycles. The van der Waals surface area contributed by atoms with Crippen LogP contribution in [0, 0.1) is 17.8 Å². The summed E-state index contributed by atoms with van der Waals surface area (Å²) in [4.78, 5) is 11.3. The molecule has 4 atom stereocenters. The van der Waals surface area contributed by atoms with Crippen LogP contribution < -0.4 is 5.73 Å². The van der Waals surface area contributed by atoms with Gasteiger partial charge in [0.25, 0.3) is 0 Å². The number of fused-ring (bicyclic) bond motifs is 2. The lowest BCUT2D eigenvalue weighted by Crippen LogP contribution is -2.40. The molecule has 2 rings (SSSR count). The smallest absolute Gasteiger partial charge is 0.310 e. The average molecular weight is 169 g/mol. The number of rotatable bonds is 1. The highest BCUT2D eigenvalue weighted by Gasteiger charge is 2.49. The summed E-state index contributed by atoms with van der Waals surface area (Å²) in [5, 5.41) is 0. The number of hydrogen-bond acceptors (Lipinski definition) is 3. The maximum atomic E-state index is 11.3. The molecular formula is C9H15NO2. The summed E-state index contributed by atoms with van der Waals surface area (Å²) in [6.07, 6.45) is 3.51. The number of nitrogens with two attached hydrogens (primary N) is 1. The third-order valence-electron chi connectivity index (χ3n) is 3.45. The van der Waals surface area contributed by atoms with Gasteiger partial charge in [-0.2, -0.15) is 0 Å². The van der Waals surface area contributed by atoms with E-state index >= 15 is 0 Å². The summed E-state index contributed by atoms with van der Waals surface area (Å²) in [7, 11) is 1.45. The third-order valence-corrected chi connectivity index (χ3v) is 3.45. The first kappa shape index (κ1) is 8.05. The second kappa shape index (κ2) is 2.73. The van der Waals surface area contributed by atoms with E-state index in [1.165, 1.54) is 13.5 Å². The molecule has 0 heterocycles. The molecule has 2 fully saturated rings. The Bertz CT molecular complexity index is 203. The van der Waals surface area contributed by atoms with Crippen LogP contribution in [0.1, 0.15) is 19.3 Å². The molecule has 0 amide bonds. The van der Waals surface area contributed by atoms with Gasteiger partial charge in [-0.25, -0.2) is 0 Å². The highest BCUT2D eigenvalue weighted by atomic mass is 16.5. The largest absolute Gasteiger partial charge is 0.469 e. The van der Waals surface area contributed by atoms with Gasteiger partial charge in [0.15, 0.2) is 0 Å². The van der Waals surface area contributed by atoms with Crippen molar-refractivity contribution in [2.75, 3.05) is 7.11 Å². The van der Waals surface area contributed by atoms with Crippen molar-refractivity contribution in [2.45, 2.75) is 25.3 Å². The molecule has 2 aliphatic rings. The number of carbonyl (C=O) groups excluding carboxylic acids is 1. The molecule has 2 saturated carbocycles. The number of hydrogen-bond donors (Lipinski definition) is 1. The fourth-order valence-electron chi connectivity index (χ4n) is 2.82. The lowest BCUT2D eigenvalue weighted by molar-refractivity contribution is -0.147. The van der Waals surface area contributed by atoms with E-state index in [-0.39, 0.29) is 17.9 Å². The minimum atomic E-state index is -0.102. The van der Waals surface area contributed by atoms with Crippen LogP contribution in [0.15, 0.2) is 0 Å². The highest BCUT2D eigenvalue weighted by Crippen LogP contribution is 2.47. The average Bonchev–Trinajstić information content (AvgIpc) is 2.63. The van der Waals surface area contributed by atoms with E-state index in [4.69, 9.17) is 10.5 Å². The second-order valence-corrected chi connectivity index (χ2v) is 3.96. The fraction of sp³-hybridized carbons (Fsp3) is 0.889. The molecule has 68 valence electrons. The van der Waals surface area contributed by atoms with Crippen LogP contribution in [0.5, 0.6) is 0 Å². The summed E-state index contributed by atoms with van der Waals surface area (Å²) in [6.45, 7) is 0. The molecule has 0 aromatic carbocycles.